The SMILES string of the molecule is CN(c1ccnc(NCc2cccnc2)n1)C1CCS(=O)(=O)C1. The average molecular weight is 333 g/mol. The fourth-order valence-corrected chi connectivity index (χ4v) is 4.36. The Morgan fingerprint density at radius 3 is 2.91 bits per heavy atom. The van der Waals surface area contributed by atoms with Gasteiger partial charge >= 0.3 is 0 Å². The van der Waals surface area contributed by atoms with Gasteiger partial charge in [0.05, 0.1) is 11.5 Å². The van der Waals surface area contributed by atoms with E-state index in [1.54, 1.807) is 24.7 Å². The van der Waals surface area contributed by atoms with Crippen LogP contribution in [0.5, 0.6) is 0 Å². The Hall–Kier alpha value is -2.22. The maximum absolute atomic E-state index is 11.6. The molecule has 1 atom stereocenters. The number of nitrogens with zero attached hydrogens (tertiary/aromatic N) is 4. The molecule has 1 unspecified atom stereocenters. The molecule has 8 heteroatoms. The molecule has 0 radical (unpaired) electrons. The topological polar surface area (TPSA) is 88.1 Å². The van der Waals surface area contributed by atoms with Gasteiger partial charge in [-0.2, -0.15) is 4.98 Å². The molecule has 2 aromatic rings. The number of pyridine rings is 1. The molecule has 1 fully saturated rings. The van der Waals surface area contributed by atoms with Gasteiger partial charge in [0.15, 0.2) is 9.84 Å². The van der Waals surface area contributed by atoms with Crippen molar-refractivity contribution in [2.24, 2.45) is 0 Å². The van der Waals surface area contributed by atoms with Gasteiger partial charge in [-0.15, -0.1) is 0 Å². The molecule has 0 saturated carbocycles. The van der Waals surface area contributed by atoms with Gasteiger partial charge in [0.25, 0.3) is 0 Å². The van der Waals surface area contributed by atoms with Crippen LogP contribution in [0, 0.1) is 0 Å². The number of hydrogen-bond acceptors (Lipinski definition) is 7. The number of sulfone groups is 1. The Balaban J connectivity index is 1.67. The van der Waals surface area contributed by atoms with Crippen molar-refractivity contribution >= 4 is 21.6 Å². The van der Waals surface area contributed by atoms with Crippen molar-refractivity contribution in [2.45, 2.75) is 19.0 Å². The summed E-state index contributed by atoms with van der Waals surface area (Å²) in [5, 5.41) is 3.16. The third kappa shape index (κ3) is 3.95. The Kier molecular flexibility index (Phi) is 4.42. The van der Waals surface area contributed by atoms with Crippen LogP contribution in [-0.2, 0) is 16.4 Å². The normalized spacial score (nSPS) is 19.4. The number of rotatable bonds is 5. The van der Waals surface area contributed by atoms with E-state index in [1.807, 2.05) is 24.1 Å². The van der Waals surface area contributed by atoms with Crippen molar-refractivity contribution in [1.82, 2.24) is 15.0 Å². The fraction of sp³-hybridized carbons (Fsp3) is 0.400. The van der Waals surface area contributed by atoms with Gasteiger partial charge in [0, 0.05) is 38.2 Å². The molecule has 0 spiro atoms. The molecule has 0 amide bonds. The molecule has 1 N–H and O–H groups in total. The molecule has 0 bridgehead atoms. The molecular weight excluding hydrogens is 314 g/mol. The van der Waals surface area contributed by atoms with Crippen molar-refractivity contribution in [1.29, 1.82) is 0 Å². The number of aromatic nitrogens is 3. The van der Waals surface area contributed by atoms with Crippen molar-refractivity contribution in [3.63, 3.8) is 0 Å². The summed E-state index contributed by atoms with van der Waals surface area (Å²) >= 11 is 0. The summed E-state index contributed by atoms with van der Waals surface area (Å²) in [6, 6.07) is 5.61. The van der Waals surface area contributed by atoms with Gasteiger partial charge < -0.3 is 10.2 Å². The van der Waals surface area contributed by atoms with E-state index in [-0.39, 0.29) is 17.5 Å². The second-order valence-electron chi connectivity index (χ2n) is 5.62. The highest BCUT2D eigenvalue weighted by Crippen LogP contribution is 2.21. The zero-order valence-electron chi connectivity index (χ0n) is 12.9. The molecule has 1 aliphatic heterocycles. The molecule has 7 nitrogen and oxygen atoms in total. The molecule has 3 rings (SSSR count). The predicted octanol–water partition coefficient (Wildman–Crippen LogP) is 1.11. The molecule has 23 heavy (non-hydrogen) atoms. The maximum atomic E-state index is 11.6. The van der Waals surface area contributed by atoms with Crippen LogP contribution in [0.25, 0.3) is 0 Å². The third-order valence-electron chi connectivity index (χ3n) is 3.93. The number of nitrogens with one attached hydrogen (secondary N) is 1. The second-order valence-corrected chi connectivity index (χ2v) is 7.85. The van der Waals surface area contributed by atoms with Crippen LogP contribution >= 0.6 is 0 Å². The van der Waals surface area contributed by atoms with Gasteiger partial charge in [-0.25, -0.2) is 13.4 Å². The molecule has 2 aromatic heterocycles. The van der Waals surface area contributed by atoms with E-state index in [9.17, 15) is 8.42 Å². The molecular formula is C15H19N5O2S. The molecule has 1 aliphatic rings. The van der Waals surface area contributed by atoms with E-state index in [2.05, 4.69) is 20.3 Å². The van der Waals surface area contributed by atoms with E-state index < -0.39 is 9.84 Å². The highest BCUT2D eigenvalue weighted by atomic mass is 32.2. The number of hydrogen-bond donors (Lipinski definition) is 1. The Morgan fingerprint density at radius 1 is 1.35 bits per heavy atom. The molecule has 1 saturated heterocycles. The summed E-state index contributed by atoms with van der Waals surface area (Å²) in [5.74, 6) is 1.67. The van der Waals surface area contributed by atoms with Gasteiger partial charge in [0.1, 0.15) is 5.82 Å². The smallest absolute Gasteiger partial charge is 0.224 e. The Labute approximate surface area is 135 Å². The Bertz CT molecular complexity index is 766. The van der Waals surface area contributed by atoms with Crippen LogP contribution in [-0.4, -0.2) is 48.0 Å². The summed E-state index contributed by atoms with van der Waals surface area (Å²) in [4.78, 5) is 14.7. The first-order valence-electron chi connectivity index (χ1n) is 7.42. The first kappa shape index (κ1) is 15.7. The van der Waals surface area contributed by atoms with E-state index in [0.717, 1.165) is 11.4 Å². The lowest BCUT2D eigenvalue weighted by atomic mass is 10.2. The van der Waals surface area contributed by atoms with E-state index >= 15 is 0 Å². The van der Waals surface area contributed by atoms with Crippen molar-refractivity contribution in [3.05, 3.63) is 42.4 Å². The zero-order chi connectivity index (χ0) is 16.3. The average Bonchev–Trinajstić information content (AvgIpc) is 2.93. The van der Waals surface area contributed by atoms with E-state index in [4.69, 9.17) is 0 Å². The third-order valence-corrected chi connectivity index (χ3v) is 5.68. The van der Waals surface area contributed by atoms with Crippen LogP contribution in [0.4, 0.5) is 11.8 Å². The van der Waals surface area contributed by atoms with Gasteiger partial charge in [-0.3, -0.25) is 4.98 Å². The molecule has 0 aromatic carbocycles. The minimum absolute atomic E-state index is 0.0268. The van der Waals surface area contributed by atoms with Gasteiger partial charge in [-0.1, -0.05) is 6.07 Å². The summed E-state index contributed by atoms with van der Waals surface area (Å²) in [6.07, 6.45) is 5.83. The van der Waals surface area contributed by atoms with Crippen molar-refractivity contribution in [3.8, 4) is 0 Å². The molecule has 0 aliphatic carbocycles. The van der Waals surface area contributed by atoms with Crippen molar-refractivity contribution in [2.75, 3.05) is 28.8 Å². The first-order valence-corrected chi connectivity index (χ1v) is 9.25. The standard InChI is InChI=1S/C15H19N5O2S/c1-20(13-5-8-23(21,22)11-13)14-4-7-17-15(19-14)18-10-12-3-2-6-16-9-12/h2-4,6-7,9,13H,5,8,10-11H2,1H3,(H,17,18,19). The van der Waals surface area contributed by atoms with E-state index in [0.29, 0.717) is 18.9 Å². The lowest BCUT2D eigenvalue weighted by Crippen LogP contribution is -2.33. The predicted molar refractivity (Wildman–Crippen MR) is 89.1 cm³/mol. The van der Waals surface area contributed by atoms with Crippen LogP contribution in [0.2, 0.25) is 0 Å². The molecule has 3 heterocycles. The van der Waals surface area contributed by atoms with E-state index in [1.165, 1.54) is 0 Å². The highest BCUT2D eigenvalue weighted by molar-refractivity contribution is 7.91. The van der Waals surface area contributed by atoms with Crippen LogP contribution in [0.15, 0.2) is 36.8 Å². The first-order chi connectivity index (χ1) is 11.0. The highest BCUT2D eigenvalue weighted by Gasteiger charge is 2.31. The van der Waals surface area contributed by atoms with Gasteiger partial charge in [-0.05, 0) is 24.1 Å². The lowest BCUT2D eigenvalue weighted by molar-refractivity contribution is 0.600. The minimum atomic E-state index is -2.91. The second kappa shape index (κ2) is 6.49. The Morgan fingerprint density at radius 2 is 2.22 bits per heavy atom. The van der Waals surface area contributed by atoms with Crippen LogP contribution in [0.3, 0.4) is 0 Å². The van der Waals surface area contributed by atoms with Crippen LogP contribution in [0.1, 0.15) is 12.0 Å². The van der Waals surface area contributed by atoms with Crippen LogP contribution < -0.4 is 10.2 Å². The molecule has 122 valence electrons. The summed E-state index contributed by atoms with van der Waals surface area (Å²) in [5.41, 5.74) is 1.04. The quantitative estimate of drug-likeness (QED) is 0.876. The summed E-state index contributed by atoms with van der Waals surface area (Å²) < 4.78 is 23.3. The van der Waals surface area contributed by atoms with Crippen molar-refractivity contribution < 1.29 is 8.42 Å². The lowest BCUT2D eigenvalue weighted by Gasteiger charge is -2.24. The largest absolute Gasteiger partial charge is 0.355 e. The minimum Gasteiger partial charge on any atom is -0.355 e. The van der Waals surface area contributed by atoms with Gasteiger partial charge in [0.2, 0.25) is 5.95 Å². The maximum Gasteiger partial charge on any atom is 0.224 e. The fourth-order valence-electron chi connectivity index (χ4n) is 2.58. The monoisotopic (exact) mass is 333 g/mol. The zero-order valence-corrected chi connectivity index (χ0v) is 13.7. The number of anilines is 2. The summed E-state index contributed by atoms with van der Waals surface area (Å²) in [7, 11) is -1.04. The summed E-state index contributed by atoms with van der Waals surface area (Å²) in [6.45, 7) is 0.582.